The van der Waals surface area contributed by atoms with Crippen LogP contribution in [0.1, 0.15) is 30.6 Å². The van der Waals surface area contributed by atoms with E-state index in [-0.39, 0.29) is 12.6 Å². The predicted molar refractivity (Wildman–Crippen MR) is 64.4 cm³/mol. The lowest BCUT2D eigenvalue weighted by Gasteiger charge is -2.12. The van der Waals surface area contributed by atoms with Gasteiger partial charge in [0.1, 0.15) is 6.61 Å². The predicted octanol–water partition coefficient (Wildman–Crippen LogP) is 2.62. The highest BCUT2D eigenvalue weighted by Gasteiger charge is 2.14. The molecule has 1 aromatic heterocycles. The molecule has 1 atom stereocenters. The number of rotatable bonds is 7. The number of thiazole rings is 1. The molecule has 17 heavy (non-hydrogen) atoms. The largest absolute Gasteiger partial charge is 0.375 e. The van der Waals surface area contributed by atoms with Crippen molar-refractivity contribution in [3.63, 3.8) is 0 Å². The average Bonchev–Trinajstić information content (AvgIpc) is 2.71. The maximum atomic E-state index is 11.8. The van der Waals surface area contributed by atoms with Gasteiger partial charge in [-0.3, -0.25) is 0 Å². The third-order valence-electron chi connectivity index (χ3n) is 2.33. The molecule has 0 aliphatic heterocycles. The highest BCUT2D eigenvalue weighted by Crippen LogP contribution is 2.21. The van der Waals surface area contributed by atoms with E-state index < -0.39 is 13.0 Å². The summed E-state index contributed by atoms with van der Waals surface area (Å²) in [5, 5.41) is 2.80. The van der Waals surface area contributed by atoms with E-state index in [0.717, 1.165) is 10.7 Å². The minimum absolute atomic E-state index is 0.0676. The standard InChI is InChI=1S/C11H18F2N2OS/c1-7(2)11(14)8-6-17-10(15-8)3-4-16-5-9(12)13/h6-7,9,11H,3-5,14H2,1-2H3. The summed E-state index contributed by atoms with van der Waals surface area (Å²) < 4.78 is 28.4. The maximum absolute atomic E-state index is 11.8. The summed E-state index contributed by atoms with van der Waals surface area (Å²) in [7, 11) is 0. The summed E-state index contributed by atoms with van der Waals surface area (Å²) in [6, 6.07) is -0.0676. The zero-order chi connectivity index (χ0) is 12.8. The second kappa shape index (κ2) is 6.98. The van der Waals surface area contributed by atoms with Crippen molar-refractivity contribution < 1.29 is 13.5 Å². The van der Waals surface area contributed by atoms with E-state index in [4.69, 9.17) is 10.5 Å². The van der Waals surface area contributed by atoms with Crippen LogP contribution in [0.3, 0.4) is 0 Å². The highest BCUT2D eigenvalue weighted by atomic mass is 32.1. The van der Waals surface area contributed by atoms with Crippen LogP contribution < -0.4 is 5.73 Å². The molecule has 1 heterocycles. The Balaban J connectivity index is 2.36. The summed E-state index contributed by atoms with van der Waals surface area (Å²) in [6.45, 7) is 3.84. The van der Waals surface area contributed by atoms with E-state index in [1.807, 2.05) is 19.2 Å². The molecule has 0 aromatic carbocycles. The Morgan fingerprint density at radius 2 is 2.18 bits per heavy atom. The van der Waals surface area contributed by atoms with E-state index in [2.05, 4.69) is 4.98 Å². The van der Waals surface area contributed by atoms with Gasteiger partial charge < -0.3 is 10.5 Å². The van der Waals surface area contributed by atoms with E-state index in [1.54, 1.807) is 0 Å². The van der Waals surface area contributed by atoms with Crippen molar-refractivity contribution in [3.05, 3.63) is 16.1 Å². The number of hydrogen-bond acceptors (Lipinski definition) is 4. The molecule has 0 fully saturated rings. The zero-order valence-electron chi connectivity index (χ0n) is 10.0. The fourth-order valence-corrected chi connectivity index (χ4v) is 2.09. The molecule has 2 N–H and O–H groups in total. The lowest BCUT2D eigenvalue weighted by Crippen LogP contribution is -2.17. The number of ether oxygens (including phenoxy) is 1. The van der Waals surface area contributed by atoms with Gasteiger partial charge in [-0.1, -0.05) is 13.8 Å². The van der Waals surface area contributed by atoms with Crippen molar-refractivity contribution in [1.82, 2.24) is 4.98 Å². The second-order valence-corrected chi connectivity index (χ2v) is 5.09. The number of halogens is 2. The minimum atomic E-state index is -2.41. The molecule has 0 saturated heterocycles. The number of alkyl halides is 2. The van der Waals surface area contributed by atoms with Crippen LogP contribution in [-0.2, 0) is 11.2 Å². The Morgan fingerprint density at radius 1 is 1.47 bits per heavy atom. The number of nitrogens with two attached hydrogens (primary N) is 1. The first-order chi connectivity index (χ1) is 8.00. The van der Waals surface area contributed by atoms with Crippen LogP contribution in [0.4, 0.5) is 8.78 Å². The topological polar surface area (TPSA) is 48.1 Å². The summed E-state index contributed by atoms with van der Waals surface area (Å²) in [5.74, 6) is 0.333. The quantitative estimate of drug-likeness (QED) is 0.770. The first-order valence-electron chi connectivity index (χ1n) is 5.56. The monoisotopic (exact) mass is 264 g/mol. The van der Waals surface area contributed by atoms with Gasteiger partial charge in [0.2, 0.25) is 0 Å². The average molecular weight is 264 g/mol. The Labute approximate surface area is 104 Å². The Kier molecular flexibility index (Phi) is 5.94. The van der Waals surface area contributed by atoms with E-state index >= 15 is 0 Å². The second-order valence-electron chi connectivity index (χ2n) is 4.15. The van der Waals surface area contributed by atoms with Crippen LogP contribution in [0.25, 0.3) is 0 Å². The minimum Gasteiger partial charge on any atom is -0.375 e. The molecule has 6 heteroatoms. The smallest absolute Gasteiger partial charge is 0.261 e. The first kappa shape index (κ1) is 14.5. The maximum Gasteiger partial charge on any atom is 0.261 e. The number of nitrogens with zero attached hydrogens (tertiary/aromatic N) is 1. The van der Waals surface area contributed by atoms with Crippen LogP contribution >= 0.6 is 11.3 Å². The van der Waals surface area contributed by atoms with Gasteiger partial charge in [0, 0.05) is 11.8 Å². The zero-order valence-corrected chi connectivity index (χ0v) is 10.8. The lowest BCUT2D eigenvalue weighted by atomic mass is 10.0. The van der Waals surface area contributed by atoms with Crippen molar-refractivity contribution in [2.45, 2.75) is 32.7 Å². The molecular formula is C11H18F2N2OS. The SMILES string of the molecule is CC(C)C(N)c1csc(CCOCC(F)F)n1. The van der Waals surface area contributed by atoms with Gasteiger partial charge in [0.25, 0.3) is 6.43 Å². The van der Waals surface area contributed by atoms with Crippen LogP contribution in [0.5, 0.6) is 0 Å². The molecule has 0 bridgehead atoms. The van der Waals surface area contributed by atoms with Crippen molar-refractivity contribution in [2.75, 3.05) is 13.2 Å². The molecule has 1 unspecified atom stereocenters. The summed E-state index contributed by atoms with van der Waals surface area (Å²) >= 11 is 1.50. The fourth-order valence-electron chi connectivity index (χ4n) is 1.27. The van der Waals surface area contributed by atoms with E-state index in [1.165, 1.54) is 11.3 Å². The summed E-state index contributed by atoms with van der Waals surface area (Å²) in [6.07, 6.45) is -1.85. The molecule has 0 radical (unpaired) electrons. The Morgan fingerprint density at radius 3 is 2.76 bits per heavy atom. The molecule has 1 rings (SSSR count). The molecule has 0 aliphatic carbocycles. The summed E-state index contributed by atoms with van der Waals surface area (Å²) in [5.41, 5.74) is 6.83. The Hall–Kier alpha value is -0.590. The molecule has 1 aromatic rings. The molecule has 3 nitrogen and oxygen atoms in total. The molecule has 0 saturated carbocycles. The third-order valence-corrected chi connectivity index (χ3v) is 3.26. The fraction of sp³-hybridized carbons (Fsp3) is 0.727. The molecule has 0 amide bonds. The Bertz CT molecular complexity index is 331. The molecule has 0 spiro atoms. The highest BCUT2D eigenvalue weighted by molar-refractivity contribution is 7.09. The normalized spacial score (nSPS) is 13.6. The van der Waals surface area contributed by atoms with Crippen molar-refractivity contribution in [2.24, 2.45) is 11.7 Å². The van der Waals surface area contributed by atoms with Gasteiger partial charge >= 0.3 is 0 Å². The van der Waals surface area contributed by atoms with E-state index in [9.17, 15) is 8.78 Å². The van der Waals surface area contributed by atoms with Crippen LogP contribution in [0.2, 0.25) is 0 Å². The van der Waals surface area contributed by atoms with Crippen LogP contribution in [0.15, 0.2) is 5.38 Å². The van der Waals surface area contributed by atoms with Gasteiger partial charge in [-0.15, -0.1) is 11.3 Å². The van der Waals surface area contributed by atoms with Gasteiger partial charge in [-0.25, -0.2) is 13.8 Å². The molecule has 98 valence electrons. The van der Waals surface area contributed by atoms with Crippen LogP contribution in [-0.4, -0.2) is 24.6 Å². The molecule has 0 aliphatic rings. The van der Waals surface area contributed by atoms with Gasteiger partial charge in [0.05, 0.1) is 23.4 Å². The van der Waals surface area contributed by atoms with Crippen molar-refractivity contribution in [3.8, 4) is 0 Å². The van der Waals surface area contributed by atoms with Gasteiger partial charge in [-0.2, -0.15) is 0 Å². The first-order valence-corrected chi connectivity index (χ1v) is 6.44. The van der Waals surface area contributed by atoms with Gasteiger partial charge in [-0.05, 0) is 5.92 Å². The van der Waals surface area contributed by atoms with Gasteiger partial charge in [0.15, 0.2) is 0 Å². The van der Waals surface area contributed by atoms with Crippen LogP contribution in [0, 0.1) is 5.92 Å². The summed E-state index contributed by atoms with van der Waals surface area (Å²) in [4.78, 5) is 4.37. The van der Waals surface area contributed by atoms with Crippen molar-refractivity contribution in [1.29, 1.82) is 0 Å². The van der Waals surface area contributed by atoms with Crippen molar-refractivity contribution >= 4 is 11.3 Å². The number of aromatic nitrogens is 1. The molecular weight excluding hydrogens is 246 g/mol. The van der Waals surface area contributed by atoms with E-state index in [0.29, 0.717) is 12.3 Å². The number of hydrogen-bond donors (Lipinski definition) is 1. The third kappa shape index (κ3) is 5.06. The lowest BCUT2D eigenvalue weighted by molar-refractivity contribution is 0.0187.